The van der Waals surface area contributed by atoms with E-state index >= 15 is 0 Å². The van der Waals surface area contributed by atoms with E-state index < -0.39 is 11.4 Å². The smallest absolute Gasteiger partial charge is 0.311 e. The largest absolute Gasteiger partial charge is 0.481 e. The molecule has 0 atom stereocenters. The lowest BCUT2D eigenvalue weighted by Gasteiger charge is -2.37. The van der Waals surface area contributed by atoms with Crippen LogP contribution in [0.4, 0.5) is 0 Å². The van der Waals surface area contributed by atoms with Crippen molar-refractivity contribution in [3.63, 3.8) is 0 Å². The van der Waals surface area contributed by atoms with E-state index in [9.17, 15) is 14.7 Å². The van der Waals surface area contributed by atoms with Gasteiger partial charge in [-0.15, -0.1) is 0 Å². The molecule has 0 aliphatic heterocycles. The van der Waals surface area contributed by atoms with Crippen molar-refractivity contribution in [1.82, 2.24) is 5.32 Å². The van der Waals surface area contributed by atoms with Gasteiger partial charge in [0.1, 0.15) is 0 Å². The summed E-state index contributed by atoms with van der Waals surface area (Å²) in [5, 5.41) is 12.0. The SMILES string of the molecule is CCC(CC)(CNC(=O)CC1(N)CCC1)C(=O)O. The van der Waals surface area contributed by atoms with E-state index in [1.54, 1.807) is 0 Å². The molecule has 0 radical (unpaired) electrons. The van der Waals surface area contributed by atoms with E-state index in [0.29, 0.717) is 19.3 Å². The molecular weight excluding hydrogens is 232 g/mol. The zero-order valence-electron chi connectivity index (χ0n) is 11.3. The Bertz CT molecular complexity index is 320. The molecule has 1 saturated carbocycles. The molecule has 18 heavy (non-hydrogen) atoms. The van der Waals surface area contributed by atoms with E-state index in [0.717, 1.165) is 19.3 Å². The molecule has 0 aromatic rings. The summed E-state index contributed by atoms with van der Waals surface area (Å²) < 4.78 is 0. The normalized spacial score (nSPS) is 17.9. The molecule has 0 spiro atoms. The van der Waals surface area contributed by atoms with Crippen molar-refractivity contribution < 1.29 is 14.7 Å². The van der Waals surface area contributed by atoms with Crippen LogP contribution in [0.3, 0.4) is 0 Å². The predicted octanol–water partition coefficient (Wildman–Crippen LogP) is 1.27. The average Bonchev–Trinajstić information content (AvgIpc) is 2.28. The number of nitrogens with one attached hydrogen (secondary N) is 1. The van der Waals surface area contributed by atoms with Crippen LogP contribution in [-0.4, -0.2) is 29.1 Å². The van der Waals surface area contributed by atoms with Gasteiger partial charge in [-0.3, -0.25) is 9.59 Å². The monoisotopic (exact) mass is 256 g/mol. The van der Waals surface area contributed by atoms with E-state index in [2.05, 4.69) is 5.32 Å². The molecule has 5 nitrogen and oxygen atoms in total. The van der Waals surface area contributed by atoms with Crippen LogP contribution in [0.1, 0.15) is 52.4 Å². The van der Waals surface area contributed by atoms with Gasteiger partial charge in [0.05, 0.1) is 5.41 Å². The summed E-state index contributed by atoms with van der Waals surface area (Å²) >= 11 is 0. The number of amides is 1. The first-order valence-corrected chi connectivity index (χ1v) is 6.66. The molecule has 104 valence electrons. The van der Waals surface area contributed by atoms with Gasteiger partial charge < -0.3 is 16.2 Å². The van der Waals surface area contributed by atoms with Gasteiger partial charge >= 0.3 is 5.97 Å². The van der Waals surface area contributed by atoms with Crippen LogP contribution < -0.4 is 11.1 Å². The Morgan fingerprint density at radius 3 is 2.22 bits per heavy atom. The minimum atomic E-state index is -0.850. The Hall–Kier alpha value is -1.10. The number of carboxylic acid groups (broad SMARTS) is 1. The summed E-state index contributed by atoms with van der Waals surface area (Å²) in [5.41, 5.74) is 4.79. The molecule has 1 amide bonds. The standard InChI is InChI=1S/C13H24N2O3/c1-3-12(4-2,11(17)18)9-15-10(16)8-13(14)6-5-7-13/h3-9,14H2,1-2H3,(H,15,16)(H,17,18). The van der Waals surface area contributed by atoms with Crippen molar-refractivity contribution in [1.29, 1.82) is 0 Å². The molecule has 0 heterocycles. The van der Waals surface area contributed by atoms with Gasteiger partial charge in [-0.2, -0.15) is 0 Å². The molecular formula is C13H24N2O3. The molecule has 0 saturated heterocycles. The molecule has 1 fully saturated rings. The van der Waals surface area contributed by atoms with Crippen molar-refractivity contribution >= 4 is 11.9 Å². The van der Waals surface area contributed by atoms with Crippen LogP contribution in [0, 0.1) is 5.41 Å². The first-order chi connectivity index (χ1) is 8.37. The zero-order valence-corrected chi connectivity index (χ0v) is 11.3. The molecule has 5 heteroatoms. The first-order valence-electron chi connectivity index (χ1n) is 6.66. The molecule has 0 aromatic heterocycles. The molecule has 4 N–H and O–H groups in total. The van der Waals surface area contributed by atoms with Gasteiger partial charge in [-0.25, -0.2) is 0 Å². The highest BCUT2D eigenvalue weighted by Gasteiger charge is 2.37. The number of hydrogen-bond donors (Lipinski definition) is 3. The number of carbonyl (C=O) groups excluding carboxylic acids is 1. The first kappa shape index (κ1) is 15.0. The van der Waals surface area contributed by atoms with Crippen LogP contribution in [0.2, 0.25) is 0 Å². The van der Waals surface area contributed by atoms with Gasteiger partial charge in [0.25, 0.3) is 0 Å². The van der Waals surface area contributed by atoms with Crippen molar-refractivity contribution in [2.45, 2.75) is 57.9 Å². The Labute approximate surface area is 108 Å². The Morgan fingerprint density at radius 2 is 1.89 bits per heavy atom. The molecule has 0 bridgehead atoms. The number of rotatable bonds is 7. The van der Waals surface area contributed by atoms with Crippen LogP contribution in [-0.2, 0) is 9.59 Å². The summed E-state index contributed by atoms with van der Waals surface area (Å²) in [4.78, 5) is 23.0. The second-order valence-corrected chi connectivity index (χ2v) is 5.46. The third-order valence-electron chi connectivity index (χ3n) is 4.29. The van der Waals surface area contributed by atoms with E-state index in [1.165, 1.54) is 0 Å². The van der Waals surface area contributed by atoms with Crippen LogP contribution in [0.25, 0.3) is 0 Å². The lowest BCUT2D eigenvalue weighted by Crippen LogP contribution is -2.51. The minimum Gasteiger partial charge on any atom is -0.481 e. The number of carbonyl (C=O) groups is 2. The molecule has 1 rings (SSSR count). The Morgan fingerprint density at radius 1 is 1.33 bits per heavy atom. The fourth-order valence-corrected chi connectivity index (χ4v) is 2.34. The highest BCUT2D eigenvalue weighted by atomic mass is 16.4. The summed E-state index contributed by atoms with van der Waals surface area (Å²) in [6.07, 6.45) is 4.15. The highest BCUT2D eigenvalue weighted by molar-refractivity contribution is 5.79. The summed E-state index contributed by atoms with van der Waals surface area (Å²) in [7, 11) is 0. The van der Waals surface area contributed by atoms with Gasteiger partial charge in [0.15, 0.2) is 0 Å². The summed E-state index contributed by atoms with van der Waals surface area (Å²) in [6.45, 7) is 3.85. The third kappa shape index (κ3) is 3.22. The highest BCUT2D eigenvalue weighted by Crippen LogP contribution is 2.32. The van der Waals surface area contributed by atoms with Crippen LogP contribution in [0.15, 0.2) is 0 Å². The second kappa shape index (κ2) is 5.69. The quantitative estimate of drug-likeness (QED) is 0.639. The number of hydrogen-bond acceptors (Lipinski definition) is 3. The lowest BCUT2D eigenvalue weighted by molar-refractivity contribution is -0.149. The summed E-state index contributed by atoms with van der Waals surface area (Å²) in [6, 6.07) is 0. The topological polar surface area (TPSA) is 92.4 Å². The molecule has 1 aliphatic carbocycles. The van der Waals surface area contributed by atoms with Gasteiger partial charge in [-0.1, -0.05) is 13.8 Å². The molecule has 1 aliphatic rings. The minimum absolute atomic E-state index is 0.135. The van der Waals surface area contributed by atoms with Crippen molar-refractivity contribution in [3.05, 3.63) is 0 Å². The fraction of sp³-hybridized carbons (Fsp3) is 0.846. The van der Waals surface area contributed by atoms with Crippen LogP contribution >= 0.6 is 0 Å². The van der Waals surface area contributed by atoms with Gasteiger partial charge in [-0.05, 0) is 32.1 Å². The maximum Gasteiger partial charge on any atom is 0.311 e. The van der Waals surface area contributed by atoms with E-state index in [4.69, 9.17) is 5.73 Å². The van der Waals surface area contributed by atoms with E-state index in [1.807, 2.05) is 13.8 Å². The van der Waals surface area contributed by atoms with Crippen molar-refractivity contribution in [3.8, 4) is 0 Å². The van der Waals surface area contributed by atoms with Crippen molar-refractivity contribution in [2.24, 2.45) is 11.1 Å². The maximum absolute atomic E-state index is 11.8. The zero-order chi connectivity index (χ0) is 13.8. The Kier molecular flexibility index (Phi) is 4.73. The lowest BCUT2D eigenvalue weighted by atomic mass is 9.75. The second-order valence-electron chi connectivity index (χ2n) is 5.46. The third-order valence-corrected chi connectivity index (χ3v) is 4.29. The average molecular weight is 256 g/mol. The van der Waals surface area contributed by atoms with Crippen LogP contribution in [0.5, 0.6) is 0 Å². The van der Waals surface area contributed by atoms with Crippen molar-refractivity contribution in [2.75, 3.05) is 6.54 Å². The number of carboxylic acids is 1. The Balaban J connectivity index is 2.47. The van der Waals surface area contributed by atoms with Gasteiger partial charge in [0.2, 0.25) is 5.91 Å². The summed E-state index contributed by atoms with van der Waals surface area (Å²) in [5.74, 6) is -0.983. The predicted molar refractivity (Wildman–Crippen MR) is 69.0 cm³/mol. The maximum atomic E-state index is 11.8. The number of aliphatic carboxylic acids is 1. The fourth-order valence-electron chi connectivity index (χ4n) is 2.34. The number of nitrogens with two attached hydrogens (primary N) is 1. The molecule has 0 aromatic carbocycles. The molecule has 0 unspecified atom stereocenters. The van der Waals surface area contributed by atoms with Gasteiger partial charge in [0, 0.05) is 18.5 Å². The van der Waals surface area contributed by atoms with E-state index in [-0.39, 0.29) is 18.0 Å².